The summed E-state index contributed by atoms with van der Waals surface area (Å²) >= 11 is 1.40. The summed E-state index contributed by atoms with van der Waals surface area (Å²) in [5.41, 5.74) is 9.16. The van der Waals surface area contributed by atoms with Gasteiger partial charge in [-0.05, 0) is 36.2 Å². The van der Waals surface area contributed by atoms with Gasteiger partial charge in [-0.1, -0.05) is 37.3 Å². The molecule has 0 spiro atoms. The lowest BCUT2D eigenvalue weighted by Gasteiger charge is -2.07. The van der Waals surface area contributed by atoms with Gasteiger partial charge in [0.2, 0.25) is 0 Å². The highest BCUT2D eigenvalue weighted by Gasteiger charge is 2.20. The lowest BCUT2D eigenvalue weighted by Crippen LogP contribution is -2.05. The lowest BCUT2D eigenvalue weighted by molar-refractivity contribution is 0.104. The number of nitrogen functional groups attached to an aromatic ring is 1. The summed E-state index contributed by atoms with van der Waals surface area (Å²) in [6.07, 6.45) is 0.951. The van der Waals surface area contributed by atoms with Gasteiger partial charge in [-0.2, -0.15) is 0 Å². The quantitative estimate of drug-likeness (QED) is 0.643. The van der Waals surface area contributed by atoms with Crippen LogP contribution in [-0.4, -0.2) is 12.4 Å². The molecule has 0 radical (unpaired) electrons. The second-order valence-electron chi connectivity index (χ2n) is 5.46. The fourth-order valence-electron chi connectivity index (χ4n) is 2.50. The molecule has 3 rings (SSSR count). The van der Waals surface area contributed by atoms with Crippen LogP contribution in [0, 0.1) is 0 Å². The van der Waals surface area contributed by atoms with Crippen LogP contribution in [0.4, 0.5) is 5.00 Å². The third-order valence-electron chi connectivity index (χ3n) is 3.72. The molecule has 0 saturated heterocycles. The Hall–Kier alpha value is -2.59. The smallest absolute Gasteiger partial charge is 0.196 e. The maximum atomic E-state index is 12.9. The molecular weight excluding hydrogens is 318 g/mol. The van der Waals surface area contributed by atoms with Crippen molar-refractivity contribution in [2.45, 2.75) is 13.3 Å². The number of carbonyl (C=O) groups excluding carboxylic acids is 1. The molecule has 3 aromatic rings. The number of carbonyl (C=O) groups is 1. The van der Waals surface area contributed by atoms with Crippen molar-refractivity contribution in [3.05, 3.63) is 71.1 Å². The summed E-state index contributed by atoms with van der Waals surface area (Å²) < 4.78 is 5.56. The third-order valence-corrected chi connectivity index (χ3v) is 4.53. The molecule has 0 aliphatic carbocycles. The first-order valence-corrected chi connectivity index (χ1v) is 8.78. The van der Waals surface area contributed by atoms with Crippen LogP contribution >= 0.6 is 11.3 Å². The Morgan fingerprint density at radius 1 is 1.08 bits per heavy atom. The summed E-state index contributed by atoms with van der Waals surface area (Å²) in [5, 5.41) is 2.49. The fraction of sp³-hybridized carbons (Fsp3) is 0.150. The van der Waals surface area contributed by atoms with Crippen molar-refractivity contribution in [3.8, 4) is 16.9 Å². The SMILES string of the molecule is CCCOc1ccc(C(=O)c2c(-c3ccccc3)csc2N)cc1. The maximum Gasteiger partial charge on any atom is 0.196 e. The molecule has 0 aliphatic rings. The highest BCUT2D eigenvalue weighted by atomic mass is 32.1. The Bertz CT molecular complexity index is 823. The molecule has 0 atom stereocenters. The van der Waals surface area contributed by atoms with Gasteiger partial charge in [0.05, 0.1) is 17.2 Å². The molecule has 0 aliphatic heterocycles. The fourth-order valence-corrected chi connectivity index (χ4v) is 3.32. The summed E-state index contributed by atoms with van der Waals surface area (Å²) in [7, 11) is 0. The van der Waals surface area contributed by atoms with Gasteiger partial charge in [0.15, 0.2) is 5.78 Å². The number of benzene rings is 2. The summed E-state index contributed by atoms with van der Waals surface area (Å²) in [4.78, 5) is 12.9. The van der Waals surface area contributed by atoms with Gasteiger partial charge in [0.1, 0.15) is 5.75 Å². The molecular formula is C20H19NO2S. The predicted molar refractivity (Wildman–Crippen MR) is 99.8 cm³/mol. The summed E-state index contributed by atoms with van der Waals surface area (Å²) in [6.45, 7) is 2.73. The van der Waals surface area contributed by atoms with Crippen LogP contribution in [0.25, 0.3) is 11.1 Å². The molecule has 0 bridgehead atoms. The first-order chi connectivity index (χ1) is 11.7. The van der Waals surface area contributed by atoms with Crippen molar-refractivity contribution in [2.75, 3.05) is 12.3 Å². The normalized spacial score (nSPS) is 10.5. The summed E-state index contributed by atoms with van der Waals surface area (Å²) in [5.74, 6) is 0.713. The zero-order valence-electron chi connectivity index (χ0n) is 13.5. The first kappa shape index (κ1) is 16.3. The summed E-state index contributed by atoms with van der Waals surface area (Å²) in [6, 6.07) is 17.1. The molecule has 4 heteroatoms. The monoisotopic (exact) mass is 337 g/mol. The number of anilines is 1. The topological polar surface area (TPSA) is 52.3 Å². The number of ketones is 1. The van der Waals surface area contributed by atoms with Crippen molar-refractivity contribution in [1.82, 2.24) is 0 Å². The van der Waals surface area contributed by atoms with E-state index in [0.717, 1.165) is 23.3 Å². The Morgan fingerprint density at radius 2 is 1.79 bits per heavy atom. The van der Waals surface area contributed by atoms with Crippen LogP contribution in [0.2, 0.25) is 0 Å². The molecule has 1 heterocycles. The second kappa shape index (κ2) is 7.32. The first-order valence-electron chi connectivity index (χ1n) is 7.90. The number of nitrogens with two attached hydrogens (primary N) is 1. The zero-order valence-corrected chi connectivity index (χ0v) is 14.3. The molecule has 0 unspecified atom stereocenters. The molecule has 2 N–H and O–H groups in total. The average Bonchev–Trinajstić information content (AvgIpc) is 3.02. The minimum atomic E-state index is -0.0605. The number of hydrogen-bond donors (Lipinski definition) is 1. The van der Waals surface area contributed by atoms with Crippen molar-refractivity contribution in [2.24, 2.45) is 0 Å². The van der Waals surface area contributed by atoms with E-state index in [1.54, 1.807) is 12.1 Å². The Morgan fingerprint density at radius 3 is 2.46 bits per heavy atom. The molecule has 3 nitrogen and oxygen atoms in total. The van der Waals surface area contributed by atoms with Gasteiger partial charge < -0.3 is 10.5 Å². The van der Waals surface area contributed by atoms with Gasteiger partial charge in [0, 0.05) is 16.5 Å². The van der Waals surface area contributed by atoms with Crippen LogP contribution in [0.1, 0.15) is 29.3 Å². The van der Waals surface area contributed by atoms with Crippen LogP contribution in [0.15, 0.2) is 60.0 Å². The highest BCUT2D eigenvalue weighted by Crippen LogP contribution is 2.35. The Labute approximate surface area is 145 Å². The van der Waals surface area contributed by atoms with Crippen LogP contribution in [0.5, 0.6) is 5.75 Å². The predicted octanol–water partition coefficient (Wildman–Crippen LogP) is 5.02. The van der Waals surface area contributed by atoms with E-state index in [1.807, 2.05) is 47.8 Å². The Kier molecular flexibility index (Phi) is 4.96. The van der Waals surface area contributed by atoms with Crippen molar-refractivity contribution in [3.63, 3.8) is 0 Å². The van der Waals surface area contributed by atoms with Crippen molar-refractivity contribution < 1.29 is 9.53 Å². The van der Waals surface area contributed by atoms with E-state index >= 15 is 0 Å². The van der Waals surface area contributed by atoms with E-state index in [1.165, 1.54) is 11.3 Å². The Balaban J connectivity index is 1.92. The van der Waals surface area contributed by atoms with E-state index in [0.29, 0.717) is 22.7 Å². The molecule has 1 aromatic heterocycles. The average molecular weight is 337 g/mol. The standard InChI is InChI=1S/C20H19NO2S/c1-2-12-23-16-10-8-15(9-11-16)19(22)18-17(13-24-20(18)21)14-6-4-3-5-7-14/h3-11,13H,2,12,21H2,1H3. The molecule has 0 saturated carbocycles. The maximum absolute atomic E-state index is 12.9. The third kappa shape index (κ3) is 3.34. The molecule has 122 valence electrons. The minimum absolute atomic E-state index is 0.0605. The van der Waals surface area contributed by atoms with E-state index < -0.39 is 0 Å². The van der Waals surface area contributed by atoms with Crippen molar-refractivity contribution >= 4 is 22.1 Å². The van der Waals surface area contributed by atoms with Crippen LogP contribution < -0.4 is 10.5 Å². The molecule has 0 fully saturated rings. The van der Waals surface area contributed by atoms with E-state index in [2.05, 4.69) is 6.92 Å². The lowest BCUT2D eigenvalue weighted by atomic mass is 9.97. The van der Waals surface area contributed by atoms with Gasteiger partial charge >= 0.3 is 0 Å². The van der Waals surface area contributed by atoms with E-state index in [4.69, 9.17) is 10.5 Å². The van der Waals surface area contributed by atoms with E-state index in [-0.39, 0.29) is 5.78 Å². The highest BCUT2D eigenvalue weighted by molar-refractivity contribution is 7.15. The number of thiophene rings is 1. The van der Waals surface area contributed by atoms with Crippen molar-refractivity contribution in [1.29, 1.82) is 0 Å². The molecule has 0 amide bonds. The molecule has 2 aromatic carbocycles. The molecule has 24 heavy (non-hydrogen) atoms. The van der Waals surface area contributed by atoms with E-state index in [9.17, 15) is 4.79 Å². The van der Waals surface area contributed by atoms with Gasteiger partial charge in [-0.3, -0.25) is 4.79 Å². The minimum Gasteiger partial charge on any atom is -0.494 e. The van der Waals surface area contributed by atoms with Crippen LogP contribution in [0.3, 0.4) is 0 Å². The second-order valence-corrected chi connectivity index (χ2v) is 6.37. The number of hydrogen-bond acceptors (Lipinski definition) is 4. The number of ether oxygens (including phenoxy) is 1. The van der Waals surface area contributed by atoms with Gasteiger partial charge in [-0.15, -0.1) is 11.3 Å². The van der Waals surface area contributed by atoms with Gasteiger partial charge in [0.25, 0.3) is 0 Å². The zero-order chi connectivity index (χ0) is 16.9. The number of rotatable bonds is 6. The van der Waals surface area contributed by atoms with Gasteiger partial charge in [-0.25, -0.2) is 0 Å². The largest absolute Gasteiger partial charge is 0.494 e. The van der Waals surface area contributed by atoms with Crippen LogP contribution in [-0.2, 0) is 0 Å².